The Morgan fingerprint density at radius 1 is 1.24 bits per heavy atom. The summed E-state index contributed by atoms with van der Waals surface area (Å²) in [6.45, 7) is 4.26. The number of aliphatic hydroxyl groups is 1. The van der Waals surface area contributed by atoms with Crippen LogP contribution in [0.4, 0.5) is 0 Å². The van der Waals surface area contributed by atoms with Crippen LogP contribution >= 0.6 is 0 Å². The van der Waals surface area contributed by atoms with E-state index in [9.17, 15) is 9.90 Å². The molecule has 0 spiro atoms. The van der Waals surface area contributed by atoms with Crippen molar-refractivity contribution in [2.45, 2.75) is 44.1 Å². The van der Waals surface area contributed by atoms with Gasteiger partial charge in [-0.05, 0) is 37.8 Å². The number of fused-ring (bicyclic) bond motifs is 1. The van der Waals surface area contributed by atoms with Crippen LogP contribution in [0.2, 0.25) is 0 Å². The highest BCUT2D eigenvalue weighted by atomic mass is 16.3. The van der Waals surface area contributed by atoms with Crippen molar-refractivity contribution in [2.75, 3.05) is 32.7 Å². The van der Waals surface area contributed by atoms with Gasteiger partial charge in [0.1, 0.15) is 0 Å². The minimum absolute atomic E-state index is 0.183. The maximum Gasteiger partial charge on any atom is 0.225 e. The van der Waals surface area contributed by atoms with Gasteiger partial charge in [0.05, 0.1) is 5.60 Å². The number of likely N-dealkylation sites (tertiary alicyclic amines) is 2. The van der Waals surface area contributed by atoms with Gasteiger partial charge >= 0.3 is 0 Å². The predicted molar refractivity (Wildman–Crippen MR) is 96.0 cm³/mol. The van der Waals surface area contributed by atoms with Gasteiger partial charge in [-0.3, -0.25) is 9.78 Å². The van der Waals surface area contributed by atoms with Gasteiger partial charge in [-0.2, -0.15) is 0 Å². The molecule has 25 heavy (non-hydrogen) atoms. The van der Waals surface area contributed by atoms with Crippen molar-refractivity contribution < 1.29 is 9.90 Å². The lowest BCUT2D eigenvalue weighted by atomic mass is 9.75. The van der Waals surface area contributed by atoms with Gasteiger partial charge in [0.25, 0.3) is 0 Å². The standard InChI is InChI=1S/C20H29N3O2/c24-19(16-4-3-5-16)23-13-9-20(25)8-12-22(14-17(20)15-23)11-7-18-6-1-2-10-21-18/h1-2,6,10,16-17,25H,3-5,7-9,11-15H2/t17-,20-/m1/s1. The summed E-state index contributed by atoms with van der Waals surface area (Å²) in [5, 5.41) is 11.0. The predicted octanol–water partition coefficient (Wildman–Crippen LogP) is 1.71. The second kappa shape index (κ2) is 7.04. The third kappa shape index (κ3) is 3.58. The van der Waals surface area contributed by atoms with Crippen LogP contribution in [0.25, 0.3) is 0 Å². The molecule has 2 atom stereocenters. The molecule has 0 radical (unpaired) electrons. The molecule has 0 aromatic carbocycles. The topological polar surface area (TPSA) is 56.7 Å². The number of carbonyl (C=O) groups excluding carboxylic acids is 1. The fourth-order valence-corrected chi connectivity index (χ4v) is 4.51. The molecule has 5 nitrogen and oxygen atoms in total. The van der Waals surface area contributed by atoms with Crippen molar-refractivity contribution >= 4 is 5.91 Å². The Bertz CT molecular complexity index is 604. The van der Waals surface area contributed by atoms with Crippen molar-refractivity contribution in [3.63, 3.8) is 0 Å². The molecule has 3 aliphatic rings. The quantitative estimate of drug-likeness (QED) is 0.904. The molecule has 3 heterocycles. The van der Waals surface area contributed by atoms with Gasteiger partial charge in [0.15, 0.2) is 0 Å². The number of rotatable bonds is 4. The van der Waals surface area contributed by atoms with Gasteiger partial charge in [-0.15, -0.1) is 0 Å². The molecule has 136 valence electrons. The van der Waals surface area contributed by atoms with Crippen LogP contribution in [0.1, 0.15) is 37.8 Å². The molecule has 1 aromatic rings. The van der Waals surface area contributed by atoms with E-state index in [1.807, 2.05) is 23.2 Å². The third-order valence-electron chi connectivity index (χ3n) is 6.53. The maximum absolute atomic E-state index is 12.6. The number of nitrogens with zero attached hydrogens (tertiary/aromatic N) is 3. The number of pyridine rings is 1. The molecule has 1 N–H and O–H groups in total. The monoisotopic (exact) mass is 343 g/mol. The minimum atomic E-state index is -0.572. The number of hydrogen-bond donors (Lipinski definition) is 1. The molecule has 0 bridgehead atoms. The lowest BCUT2D eigenvalue weighted by Gasteiger charge is -2.51. The van der Waals surface area contributed by atoms with Crippen LogP contribution in [-0.2, 0) is 11.2 Å². The van der Waals surface area contributed by atoms with E-state index in [4.69, 9.17) is 0 Å². The van der Waals surface area contributed by atoms with Crippen molar-refractivity contribution in [2.24, 2.45) is 11.8 Å². The zero-order valence-electron chi connectivity index (χ0n) is 14.9. The number of aromatic nitrogens is 1. The number of piperidine rings is 2. The summed E-state index contributed by atoms with van der Waals surface area (Å²) in [7, 11) is 0. The molecule has 2 saturated heterocycles. The largest absolute Gasteiger partial charge is 0.389 e. The second-order valence-corrected chi connectivity index (χ2v) is 8.08. The first-order chi connectivity index (χ1) is 12.1. The van der Waals surface area contributed by atoms with E-state index in [1.54, 1.807) is 0 Å². The van der Waals surface area contributed by atoms with E-state index in [-0.39, 0.29) is 11.8 Å². The van der Waals surface area contributed by atoms with Gasteiger partial charge in [0.2, 0.25) is 5.91 Å². The Balaban J connectivity index is 1.34. The van der Waals surface area contributed by atoms with Crippen molar-refractivity contribution in [3.05, 3.63) is 30.1 Å². The molecule has 1 aromatic heterocycles. The first-order valence-corrected chi connectivity index (χ1v) is 9.77. The third-order valence-corrected chi connectivity index (χ3v) is 6.53. The molecule has 0 unspecified atom stereocenters. The van der Waals surface area contributed by atoms with Crippen LogP contribution in [-0.4, -0.2) is 64.1 Å². The van der Waals surface area contributed by atoms with Crippen LogP contribution in [0.5, 0.6) is 0 Å². The number of amides is 1. The van der Waals surface area contributed by atoms with E-state index < -0.39 is 5.60 Å². The van der Waals surface area contributed by atoms with E-state index in [2.05, 4.69) is 16.0 Å². The summed E-state index contributed by atoms with van der Waals surface area (Å²) in [5.41, 5.74) is 0.548. The smallest absolute Gasteiger partial charge is 0.225 e. The first kappa shape index (κ1) is 17.0. The zero-order chi connectivity index (χ0) is 17.3. The van der Waals surface area contributed by atoms with Gasteiger partial charge in [0, 0.05) is 62.9 Å². The average molecular weight is 343 g/mol. The molecule has 1 saturated carbocycles. The summed E-state index contributed by atoms with van der Waals surface area (Å²) in [6.07, 6.45) is 7.65. The molecule has 1 aliphatic carbocycles. The van der Waals surface area contributed by atoms with Gasteiger partial charge in [-0.25, -0.2) is 0 Å². The van der Waals surface area contributed by atoms with Crippen molar-refractivity contribution in [3.8, 4) is 0 Å². The summed E-state index contributed by atoms with van der Waals surface area (Å²) in [6, 6.07) is 6.04. The van der Waals surface area contributed by atoms with Crippen LogP contribution in [0.15, 0.2) is 24.4 Å². The zero-order valence-corrected chi connectivity index (χ0v) is 14.9. The summed E-state index contributed by atoms with van der Waals surface area (Å²) < 4.78 is 0. The molecule has 3 fully saturated rings. The first-order valence-electron chi connectivity index (χ1n) is 9.77. The Kier molecular flexibility index (Phi) is 4.78. The highest BCUT2D eigenvalue weighted by molar-refractivity contribution is 5.79. The van der Waals surface area contributed by atoms with Crippen LogP contribution < -0.4 is 0 Å². The number of carbonyl (C=O) groups is 1. The molecular formula is C20H29N3O2. The molecular weight excluding hydrogens is 314 g/mol. The van der Waals surface area contributed by atoms with Crippen LogP contribution in [0.3, 0.4) is 0 Å². The fourth-order valence-electron chi connectivity index (χ4n) is 4.51. The lowest BCUT2D eigenvalue weighted by molar-refractivity contribution is -0.152. The summed E-state index contributed by atoms with van der Waals surface area (Å²) in [5.74, 6) is 0.775. The molecule has 5 heteroatoms. The van der Waals surface area contributed by atoms with E-state index >= 15 is 0 Å². The molecule has 4 rings (SSSR count). The Morgan fingerprint density at radius 3 is 2.80 bits per heavy atom. The molecule has 2 aliphatic heterocycles. The van der Waals surface area contributed by atoms with E-state index in [0.717, 1.165) is 70.5 Å². The number of hydrogen-bond acceptors (Lipinski definition) is 4. The van der Waals surface area contributed by atoms with Crippen molar-refractivity contribution in [1.29, 1.82) is 0 Å². The van der Waals surface area contributed by atoms with Crippen molar-refractivity contribution in [1.82, 2.24) is 14.8 Å². The average Bonchev–Trinajstić information content (AvgIpc) is 2.59. The van der Waals surface area contributed by atoms with E-state index in [1.165, 1.54) is 6.42 Å². The Hall–Kier alpha value is -1.46. The lowest BCUT2D eigenvalue weighted by Crippen LogP contribution is -2.61. The highest BCUT2D eigenvalue weighted by Crippen LogP contribution is 2.37. The maximum atomic E-state index is 12.6. The minimum Gasteiger partial charge on any atom is -0.389 e. The molecule has 1 amide bonds. The second-order valence-electron chi connectivity index (χ2n) is 8.08. The summed E-state index contributed by atoms with van der Waals surface area (Å²) in [4.78, 5) is 21.4. The fraction of sp³-hybridized carbons (Fsp3) is 0.700. The Labute approximate surface area is 150 Å². The van der Waals surface area contributed by atoms with Crippen LogP contribution in [0, 0.1) is 11.8 Å². The Morgan fingerprint density at radius 2 is 2.08 bits per heavy atom. The summed E-state index contributed by atoms with van der Waals surface area (Å²) >= 11 is 0. The van der Waals surface area contributed by atoms with Gasteiger partial charge < -0.3 is 14.9 Å². The van der Waals surface area contributed by atoms with Gasteiger partial charge in [-0.1, -0.05) is 12.5 Å². The van der Waals surface area contributed by atoms with E-state index in [0.29, 0.717) is 5.91 Å². The SMILES string of the molecule is O=C(C1CCC1)N1CC[C@]2(O)CCN(CCc3ccccn3)C[C@@H]2C1. The highest BCUT2D eigenvalue weighted by Gasteiger charge is 2.46. The normalized spacial score (nSPS) is 30.6.